The largest absolute Gasteiger partial charge is 0.496 e. The summed E-state index contributed by atoms with van der Waals surface area (Å²) in [5.74, 6) is 0.646. The van der Waals surface area contributed by atoms with Crippen LogP contribution < -0.4 is 10.5 Å². The molecule has 0 radical (unpaired) electrons. The van der Waals surface area contributed by atoms with Crippen LogP contribution in [-0.4, -0.2) is 18.4 Å². The Kier molecular flexibility index (Phi) is 5.75. The molecule has 0 fully saturated rings. The molecule has 1 unspecified atom stereocenters. The summed E-state index contributed by atoms with van der Waals surface area (Å²) < 4.78 is 44.5. The van der Waals surface area contributed by atoms with Crippen LogP contribution in [0.1, 0.15) is 30.0 Å². The minimum atomic E-state index is -4.43. The first kappa shape index (κ1) is 19.3. The Morgan fingerprint density at radius 2 is 1.72 bits per heavy atom. The van der Waals surface area contributed by atoms with Crippen LogP contribution in [0.3, 0.4) is 0 Å². The van der Waals surface area contributed by atoms with E-state index in [2.05, 4.69) is 0 Å². The lowest BCUT2D eigenvalue weighted by Crippen LogP contribution is -2.34. The highest BCUT2D eigenvalue weighted by molar-refractivity contribution is 5.38. The van der Waals surface area contributed by atoms with E-state index >= 15 is 0 Å². The molecule has 2 aromatic rings. The third-order valence-electron chi connectivity index (χ3n) is 4.32. The fraction of sp³-hybridized carbons (Fsp3) is 0.368. The summed E-state index contributed by atoms with van der Waals surface area (Å²) >= 11 is 0. The van der Waals surface area contributed by atoms with Gasteiger partial charge in [-0.2, -0.15) is 13.2 Å². The molecule has 3 nitrogen and oxygen atoms in total. The van der Waals surface area contributed by atoms with Gasteiger partial charge >= 0.3 is 6.18 Å². The van der Waals surface area contributed by atoms with Crippen LogP contribution in [0.5, 0.6) is 5.75 Å². The summed E-state index contributed by atoms with van der Waals surface area (Å²) in [4.78, 5) is 0. The second-order valence-corrected chi connectivity index (χ2v) is 6.40. The molecule has 3 N–H and O–H groups in total. The number of para-hydroxylation sites is 1. The molecule has 0 aliphatic rings. The summed E-state index contributed by atoms with van der Waals surface area (Å²) in [5, 5.41) is 9.71. The van der Waals surface area contributed by atoms with Crippen molar-refractivity contribution >= 4 is 0 Å². The predicted octanol–water partition coefficient (Wildman–Crippen LogP) is 3.88. The van der Waals surface area contributed by atoms with Gasteiger partial charge in [-0.3, -0.25) is 0 Å². The van der Waals surface area contributed by atoms with E-state index in [1.165, 1.54) is 13.2 Å². The molecule has 6 heteroatoms. The highest BCUT2D eigenvalue weighted by Crippen LogP contribution is 2.38. The monoisotopic (exact) mass is 353 g/mol. The molecule has 2 aromatic carbocycles. The lowest BCUT2D eigenvalue weighted by Gasteiger charge is -2.32. The van der Waals surface area contributed by atoms with E-state index in [1.807, 2.05) is 18.2 Å². The number of ether oxygens (including phenoxy) is 1. The van der Waals surface area contributed by atoms with E-state index in [0.29, 0.717) is 17.7 Å². The lowest BCUT2D eigenvalue weighted by molar-refractivity contribution is -0.137. The molecule has 2 rings (SSSR count). The van der Waals surface area contributed by atoms with Crippen LogP contribution in [0.25, 0.3) is 0 Å². The summed E-state index contributed by atoms with van der Waals surface area (Å²) in [6, 6.07) is 12.5. The van der Waals surface area contributed by atoms with E-state index in [0.717, 1.165) is 17.7 Å². The number of hydrogen-bond donors (Lipinski definition) is 2. The minimum Gasteiger partial charge on any atom is -0.496 e. The highest BCUT2D eigenvalue weighted by Gasteiger charge is 2.34. The molecule has 0 saturated carbocycles. The molecule has 25 heavy (non-hydrogen) atoms. The van der Waals surface area contributed by atoms with E-state index in [9.17, 15) is 18.3 Å². The molecule has 0 heterocycles. The van der Waals surface area contributed by atoms with Crippen LogP contribution in [0.4, 0.5) is 13.2 Å². The summed E-state index contributed by atoms with van der Waals surface area (Å²) in [7, 11) is 1.54. The molecular formula is C19H22F3NO2. The van der Waals surface area contributed by atoms with Crippen LogP contribution in [0.2, 0.25) is 0 Å². The Balaban J connectivity index is 2.47. The SMILES string of the molecule is COc1ccccc1CC(C)(C[C@H](N)O)c1cccc(C(F)(F)F)c1. The van der Waals surface area contributed by atoms with Crippen molar-refractivity contribution in [3.63, 3.8) is 0 Å². The van der Waals surface area contributed by atoms with Crippen LogP contribution in [0.15, 0.2) is 48.5 Å². The molecular weight excluding hydrogens is 331 g/mol. The number of aliphatic hydroxyl groups excluding tert-OH is 1. The zero-order chi connectivity index (χ0) is 18.7. The van der Waals surface area contributed by atoms with E-state index < -0.39 is 23.4 Å². The Labute approximate surface area is 145 Å². The predicted molar refractivity (Wildman–Crippen MR) is 90.3 cm³/mol. The quantitative estimate of drug-likeness (QED) is 0.775. The van der Waals surface area contributed by atoms with Gasteiger partial charge in [0.1, 0.15) is 12.0 Å². The van der Waals surface area contributed by atoms with Crippen LogP contribution >= 0.6 is 0 Å². The smallest absolute Gasteiger partial charge is 0.416 e. The normalized spacial score (nSPS) is 15.5. The molecule has 136 valence electrons. The fourth-order valence-electron chi connectivity index (χ4n) is 3.09. The summed E-state index contributed by atoms with van der Waals surface area (Å²) in [6.07, 6.45) is -5.07. The summed E-state index contributed by atoms with van der Waals surface area (Å²) in [5.41, 5.74) is 5.37. The van der Waals surface area contributed by atoms with Gasteiger partial charge in [-0.15, -0.1) is 0 Å². The second kappa shape index (κ2) is 7.45. The highest BCUT2D eigenvalue weighted by atomic mass is 19.4. The Hall–Kier alpha value is -2.05. The van der Waals surface area contributed by atoms with Crippen molar-refractivity contribution in [2.45, 2.75) is 37.6 Å². The molecule has 0 aliphatic heterocycles. The molecule has 0 bridgehead atoms. The topological polar surface area (TPSA) is 55.5 Å². The number of alkyl halides is 3. The van der Waals surface area contributed by atoms with Gasteiger partial charge in [0.05, 0.1) is 12.7 Å². The molecule has 2 atom stereocenters. The van der Waals surface area contributed by atoms with Crippen molar-refractivity contribution in [3.05, 3.63) is 65.2 Å². The molecule has 0 spiro atoms. The fourth-order valence-corrected chi connectivity index (χ4v) is 3.09. The van der Waals surface area contributed by atoms with Crippen LogP contribution in [0, 0.1) is 0 Å². The van der Waals surface area contributed by atoms with Gasteiger partial charge in [0.25, 0.3) is 0 Å². The van der Waals surface area contributed by atoms with Crippen molar-refractivity contribution < 1.29 is 23.0 Å². The zero-order valence-electron chi connectivity index (χ0n) is 14.2. The maximum atomic E-state index is 13.1. The number of aliphatic hydroxyl groups is 1. The van der Waals surface area contributed by atoms with Gasteiger partial charge in [-0.1, -0.05) is 43.3 Å². The van der Waals surface area contributed by atoms with Crippen molar-refractivity contribution in [2.24, 2.45) is 5.73 Å². The van der Waals surface area contributed by atoms with Crippen molar-refractivity contribution in [2.75, 3.05) is 7.11 Å². The third-order valence-corrected chi connectivity index (χ3v) is 4.32. The molecule has 0 amide bonds. The molecule has 0 saturated heterocycles. The summed E-state index contributed by atoms with van der Waals surface area (Å²) in [6.45, 7) is 1.80. The van der Waals surface area contributed by atoms with Crippen LogP contribution in [-0.2, 0) is 18.0 Å². The van der Waals surface area contributed by atoms with Gasteiger partial charge in [-0.05, 0) is 36.1 Å². The van der Waals surface area contributed by atoms with Gasteiger partial charge < -0.3 is 15.6 Å². The van der Waals surface area contributed by atoms with Crippen molar-refractivity contribution in [3.8, 4) is 5.75 Å². The Morgan fingerprint density at radius 1 is 1.08 bits per heavy atom. The Bertz CT molecular complexity index is 716. The number of halogens is 3. The van der Waals surface area contributed by atoms with Crippen molar-refractivity contribution in [1.29, 1.82) is 0 Å². The first-order valence-corrected chi connectivity index (χ1v) is 7.89. The minimum absolute atomic E-state index is 0.117. The van der Waals surface area contributed by atoms with Gasteiger partial charge in [0, 0.05) is 5.41 Å². The van der Waals surface area contributed by atoms with Gasteiger partial charge in [-0.25, -0.2) is 0 Å². The molecule has 0 aromatic heterocycles. The van der Waals surface area contributed by atoms with Crippen molar-refractivity contribution in [1.82, 2.24) is 0 Å². The maximum Gasteiger partial charge on any atom is 0.416 e. The average molecular weight is 353 g/mol. The Morgan fingerprint density at radius 3 is 2.32 bits per heavy atom. The van der Waals surface area contributed by atoms with Gasteiger partial charge in [0.15, 0.2) is 0 Å². The first-order chi connectivity index (χ1) is 11.7. The number of benzene rings is 2. The number of methoxy groups -OCH3 is 1. The maximum absolute atomic E-state index is 13.1. The molecule has 0 aliphatic carbocycles. The second-order valence-electron chi connectivity index (χ2n) is 6.40. The zero-order valence-corrected chi connectivity index (χ0v) is 14.2. The van der Waals surface area contributed by atoms with Gasteiger partial charge in [0.2, 0.25) is 0 Å². The third kappa shape index (κ3) is 4.74. The number of rotatable bonds is 6. The lowest BCUT2D eigenvalue weighted by atomic mass is 9.74. The van der Waals surface area contributed by atoms with E-state index in [4.69, 9.17) is 10.5 Å². The standard InChI is InChI=1S/C19H22F3NO2/c1-18(12-17(23)24,11-13-6-3-4-9-16(13)25-2)14-7-5-8-15(10-14)19(20,21)22/h3-10,17,24H,11-12,23H2,1-2H3/t17-,18?/m1/s1. The number of hydrogen-bond acceptors (Lipinski definition) is 3. The average Bonchev–Trinajstić information content (AvgIpc) is 2.54. The first-order valence-electron chi connectivity index (χ1n) is 7.89. The van der Waals surface area contributed by atoms with E-state index in [-0.39, 0.29) is 6.42 Å². The van der Waals surface area contributed by atoms with E-state index in [1.54, 1.807) is 19.1 Å². The number of nitrogens with two attached hydrogens (primary N) is 1.